The lowest BCUT2D eigenvalue weighted by molar-refractivity contribution is 0.265. The van der Waals surface area contributed by atoms with E-state index in [0.717, 1.165) is 29.6 Å². The van der Waals surface area contributed by atoms with Crippen molar-refractivity contribution in [2.45, 2.75) is 26.3 Å². The minimum absolute atomic E-state index is 0.405. The monoisotopic (exact) mass is 244 g/mol. The number of hydrogen-bond donors (Lipinski definition) is 1. The molecule has 0 amide bonds. The Morgan fingerprint density at radius 1 is 1.22 bits per heavy atom. The van der Waals surface area contributed by atoms with Gasteiger partial charge in [-0.25, -0.2) is 0 Å². The highest BCUT2D eigenvalue weighted by molar-refractivity contribution is 5.84. The first-order valence-electron chi connectivity index (χ1n) is 6.55. The Hall–Kier alpha value is -1.61. The van der Waals surface area contributed by atoms with Crippen molar-refractivity contribution in [2.75, 3.05) is 13.2 Å². The van der Waals surface area contributed by atoms with Crippen molar-refractivity contribution < 1.29 is 4.74 Å². The molecular weight excluding hydrogens is 224 g/mol. The standard InChI is InChI=1S/C15H20N2O/c1-3-12(16-4-2)11-18-15-9-5-8-14-13(15)7-6-10-17-14/h5-10,12,16H,3-4,11H2,1-2H3. The largest absolute Gasteiger partial charge is 0.491 e. The highest BCUT2D eigenvalue weighted by atomic mass is 16.5. The van der Waals surface area contributed by atoms with Gasteiger partial charge in [0.05, 0.1) is 5.52 Å². The van der Waals surface area contributed by atoms with Crippen LogP contribution in [0.25, 0.3) is 10.9 Å². The molecule has 18 heavy (non-hydrogen) atoms. The minimum atomic E-state index is 0.405. The summed E-state index contributed by atoms with van der Waals surface area (Å²) >= 11 is 0. The average molecular weight is 244 g/mol. The minimum Gasteiger partial charge on any atom is -0.491 e. The van der Waals surface area contributed by atoms with E-state index in [1.807, 2.05) is 30.3 Å². The Kier molecular flexibility index (Phi) is 4.53. The first-order valence-corrected chi connectivity index (χ1v) is 6.55. The van der Waals surface area contributed by atoms with Crippen LogP contribution in [0.15, 0.2) is 36.5 Å². The molecule has 2 aromatic rings. The molecule has 0 bridgehead atoms. The van der Waals surface area contributed by atoms with Crippen LogP contribution >= 0.6 is 0 Å². The average Bonchev–Trinajstić information content (AvgIpc) is 2.43. The van der Waals surface area contributed by atoms with E-state index in [1.165, 1.54) is 0 Å². The van der Waals surface area contributed by atoms with Crippen LogP contribution in [0.3, 0.4) is 0 Å². The van der Waals surface area contributed by atoms with E-state index in [2.05, 4.69) is 24.1 Å². The topological polar surface area (TPSA) is 34.1 Å². The lowest BCUT2D eigenvalue weighted by atomic mass is 10.2. The molecule has 96 valence electrons. The van der Waals surface area contributed by atoms with E-state index in [4.69, 9.17) is 4.74 Å². The molecule has 0 aliphatic heterocycles. The fourth-order valence-corrected chi connectivity index (χ4v) is 2.00. The third kappa shape index (κ3) is 2.99. The summed E-state index contributed by atoms with van der Waals surface area (Å²) in [7, 11) is 0. The molecule has 1 unspecified atom stereocenters. The van der Waals surface area contributed by atoms with Gasteiger partial charge in [-0.1, -0.05) is 19.9 Å². The Labute approximate surface area is 108 Å². The maximum atomic E-state index is 5.92. The predicted octanol–water partition coefficient (Wildman–Crippen LogP) is 3.00. The summed E-state index contributed by atoms with van der Waals surface area (Å²) in [5, 5.41) is 4.49. The predicted molar refractivity (Wildman–Crippen MR) is 75.0 cm³/mol. The number of likely N-dealkylation sites (N-methyl/N-ethyl adjacent to an activating group) is 1. The molecule has 0 radical (unpaired) electrons. The number of ether oxygens (including phenoxy) is 1. The Balaban J connectivity index is 2.11. The summed E-state index contributed by atoms with van der Waals surface area (Å²) in [6, 6.07) is 10.4. The summed E-state index contributed by atoms with van der Waals surface area (Å²) in [4.78, 5) is 4.33. The van der Waals surface area contributed by atoms with Gasteiger partial charge < -0.3 is 10.1 Å². The van der Waals surface area contributed by atoms with Gasteiger partial charge in [-0.2, -0.15) is 0 Å². The molecule has 0 saturated heterocycles. The van der Waals surface area contributed by atoms with E-state index in [0.29, 0.717) is 12.6 Å². The summed E-state index contributed by atoms with van der Waals surface area (Å²) in [6.07, 6.45) is 2.87. The van der Waals surface area contributed by atoms with Crippen molar-refractivity contribution in [1.29, 1.82) is 0 Å². The summed E-state index contributed by atoms with van der Waals surface area (Å²) < 4.78 is 5.92. The van der Waals surface area contributed by atoms with E-state index < -0.39 is 0 Å². The molecule has 0 aliphatic rings. The smallest absolute Gasteiger partial charge is 0.128 e. The molecule has 0 aliphatic carbocycles. The van der Waals surface area contributed by atoms with Crippen LogP contribution in [0.5, 0.6) is 5.75 Å². The lowest BCUT2D eigenvalue weighted by Gasteiger charge is -2.17. The quantitative estimate of drug-likeness (QED) is 0.848. The molecule has 0 spiro atoms. The maximum Gasteiger partial charge on any atom is 0.128 e. The van der Waals surface area contributed by atoms with Crippen LogP contribution in [-0.4, -0.2) is 24.2 Å². The van der Waals surface area contributed by atoms with Gasteiger partial charge in [-0.05, 0) is 37.2 Å². The molecule has 1 aromatic carbocycles. The molecule has 1 heterocycles. The van der Waals surface area contributed by atoms with Gasteiger partial charge in [-0.3, -0.25) is 4.98 Å². The van der Waals surface area contributed by atoms with Gasteiger partial charge in [0, 0.05) is 17.6 Å². The van der Waals surface area contributed by atoms with Gasteiger partial charge in [0.1, 0.15) is 12.4 Å². The van der Waals surface area contributed by atoms with Crippen molar-refractivity contribution in [1.82, 2.24) is 10.3 Å². The van der Waals surface area contributed by atoms with E-state index >= 15 is 0 Å². The van der Waals surface area contributed by atoms with Crippen molar-refractivity contribution in [3.63, 3.8) is 0 Å². The molecule has 3 nitrogen and oxygen atoms in total. The highest BCUT2D eigenvalue weighted by Gasteiger charge is 2.07. The number of rotatable bonds is 6. The molecule has 1 atom stereocenters. The zero-order valence-corrected chi connectivity index (χ0v) is 11.0. The number of hydrogen-bond acceptors (Lipinski definition) is 3. The van der Waals surface area contributed by atoms with Gasteiger partial charge >= 0.3 is 0 Å². The maximum absolute atomic E-state index is 5.92. The van der Waals surface area contributed by atoms with Gasteiger partial charge in [-0.15, -0.1) is 0 Å². The summed E-state index contributed by atoms with van der Waals surface area (Å²) in [6.45, 7) is 5.95. The molecule has 0 saturated carbocycles. The zero-order chi connectivity index (χ0) is 12.8. The van der Waals surface area contributed by atoms with Crippen molar-refractivity contribution in [3.8, 4) is 5.75 Å². The number of fused-ring (bicyclic) bond motifs is 1. The van der Waals surface area contributed by atoms with Gasteiger partial charge in [0.25, 0.3) is 0 Å². The Morgan fingerprint density at radius 3 is 2.89 bits per heavy atom. The van der Waals surface area contributed by atoms with Crippen molar-refractivity contribution >= 4 is 10.9 Å². The van der Waals surface area contributed by atoms with E-state index in [-0.39, 0.29) is 0 Å². The van der Waals surface area contributed by atoms with Crippen LogP contribution in [0, 0.1) is 0 Å². The van der Waals surface area contributed by atoms with Crippen molar-refractivity contribution in [2.24, 2.45) is 0 Å². The Bertz CT molecular complexity index is 493. The zero-order valence-electron chi connectivity index (χ0n) is 11.0. The molecule has 2 rings (SSSR count). The molecule has 1 N–H and O–H groups in total. The van der Waals surface area contributed by atoms with E-state index in [9.17, 15) is 0 Å². The van der Waals surface area contributed by atoms with Crippen LogP contribution in [-0.2, 0) is 0 Å². The number of pyridine rings is 1. The van der Waals surface area contributed by atoms with Gasteiger partial charge in [0.15, 0.2) is 0 Å². The SMILES string of the molecule is CCNC(CC)COc1cccc2ncccc12. The first-order chi connectivity index (χ1) is 8.85. The van der Waals surface area contributed by atoms with Crippen LogP contribution in [0.2, 0.25) is 0 Å². The molecule has 1 aromatic heterocycles. The second kappa shape index (κ2) is 6.36. The summed E-state index contributed by atoms with van der Waals surface area (Å²) in [5.41, 5.74) is 0.978. The summed E-state index contributed by atoms with van der Waals surface area (Å²) in [5.74, 6) is 0.914. The second-order valence-electron chi connectivity index (χ2n) is 4.30. The number of nitrogens with one attached hydrogen (secondary N) is 1. The number of benzene rings is 1. The molecular formula is C15H20N2O. The number of aromatic nitrogens is 1. The first kappa shape index (κ1) is 12.8. The third-order valence-corrected chi connectivity index (χ3v) is 3.03. The van der Waals surface area contributed by atoms with Gasteiger partial charge in [0.2, 0.25) is 0 Å². The fraction of sp³-hybridized carbons (Fsp3) is 0.400. The van der Waals surface area contributed by atoms with Crippen molar-refractivity contribution in [3.05, 3.63) is 36.5 Å². The normalized spacial score (nSPS) is 12.6. The second-order valence-corrected chi connectivity index (χ2v) is 4.30. The third-order valence-electron chi connectivity index (χ3n) is 3.03. The lowest BCUT2D eigenvalue weighted by Crippen LogP contribution is -2.33. The van der Waals surface area contributed by atoms with Crippen LogP contribution in [0.4, 0.5) is 0 Å². The Morgan fingerprint density at radius 2 is 2.11 bits per heavy atom. The van der Waals surface area contributed by atoms with E-state index in [1.54, 1.807) is 6.20 Å². The molecule has 0 fully saturated rings. The molecule has 3 heteroatoms. The number of nitrogens with zero attached hydrogens (tertiary/aromatic N) is 1. The highest BCUT2D eigenvalue weighted by Crippen LogP contribution is 2.23. The fourth-order valence-electron chi connectivity index (χ4n) is 2.00. The van der Waals surface area contributed by atoms with Crippen LogP contribution < -0.4 is 10.1 Å². The van der Waals surface area contributed by atoms with Crippen LogP contribution in [0.1, 0.15) is 20.3 Å².